The van der Waals surface area contributed by atoms with Gasteiger partial charge < -0.3 is 20.4 Å². The zero-order valence-corrected chi connectivity index (χ0v) is 14.0. The highest BCUT2D eigenvalue weighted by Gasteiger charge is 2.70. The van der Waals surface area contributed by atoms with Crippen LogP contribution in [0.25, 0.3) is 0 Å². The van der Waals surface area contributed by atoms with Crippen molar-refractivity contribution in [2.75, 3.05) is 0 Å². The molecule has 6 atom stereocenters. The molecule has 0 aromatic heterocycles. The Morgan fingerprint density at radius 1 is 1.32 bits per heavy atom. The number of carbonyl (C=O) groups is 2. The van der Waals surface area contributed by atoms with Crippen LogP contribution in [0.1, 0.15) is 32.6 Å². The third kappa shape index (κ3) is 1.71. The molecule has 2 bridgehead atoms. The molecule has 134 valence electrons. The van der Waals surface area contributed by atoms with Gasteiger partial charge in [0.05, 0.1) is 17.6 Å². The quantitative estimate of drug-likeness (QED) is 0.563. The van der Waals surface area contributed by atoms with Crippen molar-refractivity contribution >= 4 is 11.9 Å². The molecule has 0 heterocycles. The lowest BCUT2D eigenvalue weighted by Crippen LogP contribution is -2.52. The summed E-state index contributed by atoms with van der Waals surface area (Å²) in [5.41, 5.74) is -1.21. The van der Waals surface area contributed by atoms with Crippen molar-refractivity contribution in [3.8, 4) is 0 Å². The summed E-state index contributed by atoms with van der Waals surface area (Å²) in [6.45, 7) is 5.40. The molecule has 1 unspecified atom stereocenters. The highest BCUT2D eigenvalue weighted by molar-refractivity contribution is 5.83. The highest BCUT2D eigenvalue weighted by atomic mass is 16.4. The summed E-state index contributed by atoms with van der Waals surface area (Å²) in [5, 5.41) is 41.1. The van der Waals surface area contributed by atoms with Crippen molar-refractivity contribution in [3.63, 3.8) is 0 Å². The Morgan fingerprint density at radius 2 is 2.00 bits per heavy atom. The second-order valence-corrected chi connectivity index (χ2v) is 8.26. The fourth-order valence-corrected chi connectivity index (χ4v) is 5.93. The number of carboxylic acids is 2. The maximum atomic E-state index is 12.3. The first-order valence-corrected chi connectivity index (χ1v) is 8.54. The number of hydrogen-bond donors (Lipinski definition) is 4. The normalized spacial score (nSPS) is 47.6. The number of allylic oxidation sites excluding steroid dienone is 3. The lowest BCUT2D eigenvalue weighted by Gasteiger charge is -2.43. The lowest BCUT2D eigenvalue weighted by molar-refractivity contribution is -0.164. The number of aliphatic carboxylic acids is 2. The second kappa shape index (κ2) is 4.62. The van der Waals surface area contributed by atoms with E-state index < -0.39 is 46.3 Å². The predicted molar refractivity (Wildman–Crippen MR) is 87.5 cm³/mol. The molecule has 6 heteroatoms. The molecule has 0 radical (unpaired) electrons. The number of aliphatic hydroxyl groups is 2. The maximum absolute atomic E-state index is 12.3. The number of carboxylic acid groups (broad SMARTS) is 2. The number of hydrogen-bond acceptors (Lipinski definition) is 4. The van der Waals surface area contributed by atoms with E-state index in [0.717, 1.165) is 11.1 Å². The molecular formula is C19H22O6. The van der Waals surface area contributed by atoms with Gasteiger partial charge in [-0.05, 0) is 43.8 Å². The van der Waals surface area contributed by atoms with Crippen LogP contribution in [0.5, 0.6) is 0 Å². The van der Waals surface area contributed by atoms with E-state index in [1.807, 2.05) is 0 Å². The fourth-order valence-electron chi connectivity index (χ4n) is 5.93. The first kappa shape index (κ1) is 16.5. The molecule has 4 rings (SSSR count). The molecule has 2 fully saturated rings. The van der Waals surface area contributed by atoms with Crippen molar-refractivity contribution < 1.29 is 30.0 Å². The molecule has 4 aliphatic carbocycles. The summed E-state index contributed by atoms with van der Waals surface area (Å²) in [6.07, 6.45) is 3.52. The van der Waals surface area contributed by atoms with Gasteiger partial charge in [0.1, 0.15) is 5.41 Å². The smallest absolute Gasteiger partial charge is 0.312 e. The van der Waals surface area contributed by atoms with E-state index in [9.17, 15) is 30.0 Å². The lowest BCUT2D eigenvalue weighted by atomic mass is 9.59. The number of aliphatic hydroxyl groups excluding tert-OH is 1. The van der Waals surface area contributed by atoms with E-state index in [4.69, 9.17) is 0 Å². The molecule has 1 spiro atoms. The molecule has 25 heavy (non-hydrogen) atoms. The van der Waals surface area contributed by atoms with Gasteiger partial charge in [-0.3, -0.25) is 9.59 Å². The van der Waals surface area contributed by atoms with Gasteiger partial charge >= 0.3 is 11.9 Å². The van der Waals surface area contributed by atoms with Gasteiger partial charge in [0.2, 0.25) is 0 Å². The van der Waals surface area contributed by atoms with Gasteiger partial charge in [0.15, 0.2) is 0 Å². The molecule has 6 nitrogen and oxygen atoms in total. The third-order valence-electron chi connectivity index (χ3n) is 7.24. The number of rotatable bonds is 2. The fraction of sp³-hybridized carbons (Fsp3) is 0.579. The van der Waals surface area contributed by atoms with Crippen molar-refractivity contribution in [2.24, 2.45) is 22.7 Å². The molecule has 4 aliphatic rings. The van der Waals surface area contributed by atoms with Crippen LogP contribution in [0, 0.1) is 22.7 Å². The van der Waals surface area contributed by atoms with Gasteiger partial charge in [0, 0.05) is 11.3 Å². The summed E-state index contributed by atoms with van der Waals surface area (Å²) in [5.74, 6) is -4.11. The zero-order chi connectivity index (χ0) is 18.4. The van der Waals surface area contributed by atoms with Crippen LogP contribution in [0.2, 0.25) is 0 Å². The van der Waals surface area contributed by atoms with Crippen LogP contribution in [0.3, 0.4) is 0 Å². The molecule has 2 saturated carbocycles. The zero-order valence-electron chi connectivity index (χ0n) is 14.0. The molecule has 0 aliphatic heterocycles. The number of fused-ring (bicyclic) bond motifs is 2. The average Bonchev–Trinajstić information content (AvgIpc) is 2.90. The van der Waals surface area contributed by atoms with Crippen molar-refractivity contribution in [2.45, 2.75) is 44.3 Å². The molecule has 0 aromatic carbocycles. The molecule has 0 aromatic rings. The van der Waals surface area contributed by atoms with Crippen LogP contribution in [-0.2, 0) is 9.59 Å². The van der Waals surface area contributed by atoms with E-state index in [2.05, 4.69) is 6.58 Å². The van der Waals surface area contributed by atoms with Crippen molar-refractivity contribution in [3.05, 3.63) is 35.5 Å². The molecule has 4 N–H and O–H groups in total. The van der Waals surface area contributed by atoms with Gasteiger partial charge in [-0.2, -0.15) is 0 Å². The predicted octanol–water partition coefficient (Wildman–Crippen LogP) is 1.50. The van der Waals surface area contributed by atoms with E-state index in [0.29, 0.717) is 24.8 Å². The van der Waals surface area contributed by atoms with Crippen molar-refractivity contribution in [1.82, 2.24) is 0 Å². The Hall–Kier alpha value is -1.92. The minimum absolute atomic E-state index is 0.269. The third-order valence-corrected chi connectivity index (χ3v) is 7.24. The molecule has 0 saturated heterocycles. The van der Waals surface area contributed by atoms with E-state index in [1.165, 1.54) is 13.0 Å². The summed E-state index contributed by atoms with van der Waals surface area (Å²) in [6, 6.07) is 0. The SMILES string of the molecule is C=C1CC23C[C@@]1(O)CCC2=C1C=C[C@H](O)[C@@](C)(C(=O)O)[C@H]1[C@@H]3C(=O)O. The highest BCUT2D eigenvalue weighted by Crippen LogP contribution is 2.71. The van der Waals surface area contributed by atoms with E-state index >= 15 is 0 Å². The Labute approximate surface area is 145 Å². The molecular weight excluding hydrogens is 324 g/mol. The van der Waals surface area contributed by atoms with Gasteiger partial charge in [0.25, 0.3) is 0 Å². The summed E-state index contributed by atoms with van der Waals surface area (Å²) in [4.78, 5) is 24.3. The minimum Gasteiger partial charge on any atom is -0.481 e. The van der Waals surface area contributed by atoms with Crippen LogP contribution in [0.15, 0.2) is 35.5 Å². The minimum atomic E-state index is -1.62. The summed E-state index contributed by atoms with van der Waals surface area (Å²) >= 11 is 0. The Kier molecular flexibility index (Phi) is 3.06. The summed E-state index contributed by atoms with van der Waals surface area (Å²) < 4.78 is 0. The largest absolute Gasteiger partial charge is 0.481 e. The Morgan fingerprint density at radius 3 is 2.60 bits per heavy atom. The first-order chi connectivity index (χ1) is 11.6. The average molecular weight is 346 g/mol. The monoisotopic (exact) mass is 346 g/mol. The van der Waals surface area contributed by atoms with Gasteiger partial charge in [-0.1, -0.05) is 24.3 Å². The van der Waals surface area contributed by atoms with Gasteiger partial charge in [-0.15, -0.1) is 0 Å². The Bertz CT molecular complexity index is 779. The van der Waals surface area contributed by atoms with E-state index in [-0.39, 0.29) is 6.42 Å². The van der Waals surface area contributed by atoms with Crippen molar-refractivity contribution in [1.29, 1.82) is 0 Å². The molecule has 0 amide bonds. The van der Waals surface area contributed by atoms with E-state index in [1.54, 1.807) is 6.08 Å². The topological polar surface area (TPSA) is 115 Å². The standard InChI is InChI=1S/C19H22O6/c1-9-7-18-8-19(9,25)6-5-11(18)10-3-4-12(20)17(2,16(23)24)13(10)14(18)15(21)22/h3-4,12-14,20,25H,1,5-8H2,2H3,(H,21,22)(H,23,24)/t12-,13+,14+,17+,18?,19-/m0/s1. The first-order valence-electron chi connectivity index (χ1n) is 8.54. The van der Waals surface area contributed by atoms with Gasteiger partial charge in [-0.25, -0.2) is 0 Å². The Balaban J connectivity index is 1.98. The summed E-state index contributed by atoms with van der Waals surface area (Å²) in [7, 11) is 0. The van der Waals surface area contributed by atoms with Crippen LogP contribution >= 0.6 is 0 Å². The second-order valence-electron chi connectivity index (χ2n) is 8.26. The van der Waals surface area contributed by atoms with Crippen LogP contribution in [0.4, 0.5) is 0 Å². The van der Waals surface area contributed by atoms with Crippen LogP contribution < -0.4 is 0 Å². The maximum Gasteiger partial charge on any atom is 0.312 e. The van der Waals surface area contributed by atoms with Crippen LogP contribution in [-0.4, -0.2) is 44.1 Å².